The van der Waals surface area contributed by atoms with E-state index in [0.29, 0.717) is 23.7 Å². The summed E-state index contributed by atoms with van der Waals surface area (Å²) in [4.78, 5) is 5.14. The normalized spacial score (nSPS) is 12.3. The maximum atomic E-state index is 5.14. The Morgan fingerprint density at radius 3 is 1.41 bits per heavy atom. The molecule has 2 radical (unpaired) electrons. The minimum atomic E-state index is 0. The molecule has 0 amide bonds. The van der Waals surface area contributed by atoms with Crippen molar-refractivity contribution >= 4 is 33.6 Å². The minimum absolute atomic E-state index is 0. The molecule has 4 nitrogen and oxygen atoms in total. The van der Waals surface area contributed by atoms with E-state index in [4.69, 9.17) is 4.99 Å². The molecule has 186 valence electrons. The molecule has 0 spiro atoms. The summed E-state index contributed by atoms with van der Waals surface area (Å²) >= 11 is 2.94. The first kappa shape index (κ1) is 32.1. The Morgan fingerprint density at radius 2 is 1.06 bits per heavy atom. The molecule has 2 aromatic carbocycles. The molecule has 0 fully saturated rings. The first-order chi connectivity index (χ1) is 15.0. The van der Waals surface area contributed by atoms with Crippen molar-refractivity contribution in [3.05, 3.63) is 70.4 Å². The third kappa shape index (κ3) is 7.55. The van der Waals surface area contributed by atoms with Crippen molar-refractivity contribution in [3.63, 3.8) is 0 Å². The monoisotopic (exact) mass is 480 g/mol. The van der Waals surface area contributed by atoms with Gasteiger partial charge in [-0.3, -0.25) is 4.99 Å². The lowest BCUT2D eigenvalue weighted by Crippen LogP contribution is -2.21. The van der Waals surface area contributed by atoms with E-state index in [-0.39, 0.29) is 11.0 Å². The van der Waals surface area contributed by atoms with Crippen LogP contribution in [-0.2, 0) is 0 Å². The summed E-state index contributed by atoms with van der Waals surface area (Å²) in [5.74, 6) is 1.80. The fourth-order valence-electron chi connectivity index (χ4n) is 4.19. The zero-order chi connectivity index (χ0) is 24.2. The average molecular weight is 481 g/mol. The first-order valence-corrected chi connectivity index (χ1v) is 12.5. The Labute approximate surface area is 216 Å². The van der Waals surface area contributed by atoms with Crippen LogP contribution in [0.15, 0.2) is 53.2 Å². The van der Waals surface area contributed by atoms with Crippen LogP contribution in [0.4, 0.5) is 11.4 Å². The van der Waals surface area contributed by atoms with Crippen molar-refractivity contribution in [3.8, 4) is 0 Å². The Morgan fingerprint density at radius 1 is 0.706 bits per heavy atom. The molecule has 0 saturated carbocycles. The van der Waals surface area contributed by atoms with Gasteiger partial charge in [0.05, 0.1) is 5.69 Å². The van der Waals surface area contributed by atoms with Gasteiger partial charge < -0.3 is 14.8 Å². The number of anilines is 1. The van der Waals surface area contributed by atoms with Gasteiger partial charge in [-0.05, 0) is 71.5 Å². The van der Waals surface area contributed by atoms with Crippen LogP contribution in [0.2, 0.25) is 0 Å². The number of allylic oxidation sites excluding steroid dienone is 2. The second kappa shape index (κ2) is 13.9. The number of rotatable bonds is 8. The molecule has 2 aromatic rings. The topological polar surface area (TPSA) is 78.6 Å². The van der Waals surface area contributed by atoms with Crippen LogP contribution < -0.4 is 3.88 Å². The molecule has 34 heavy (non-hydrogen) atoms. The summed E-state index contributed by atoms with van der Waals surface area (Å²) in [5.41, 5.74) is 10.0. The van der Waals surface area contributed by atoms with E-state index in [2.05, 4.69) is 132 Å². The molecule has 0 bridgehead atoms. The molecular weight excluding hydrogens is 435 g/mol. The lowest BCUT2D eigenvalue weighted by molar-refractivity contribution is 0.823. The van der Waals surface area contributed by atoms with Gasteiger partial charge in [0.15, 0.2) is 0 Å². The highest BCUT2D eigenvalue weighted by Crippen LogP contribution is 2.37. The van der Waals surface area contributed by atoms with Crippen LogP contribution in [-0.4, -0.2) is 33.2 Å². The third-order valence-electron chi connectivity index (χ3n) is 6.01. The fourth-order valence-corrected chi connectivity index (χ4v) is 4.56. The summed E-state index contributed by atoms with van der Waals surface area (Å²) in [6.45, 7) is 22.3. The zero-order valence-corrected chi connectivity index (χ0v) is 24.0. The van der Waals surface area contributed by atoms with Crippen LogP contribution in [0.1, 0.15) is 115 Å². The summed E-state index contributed by atoms with van der Waals surface area (Å²) in [6.07, 6.45) is 2.20. The zero-order valence-electron chi connectivity index (χ0n) is 22.8. The predicted octanol–water partition coefficient (Wildman–Crippen LogP) is 7.12. The molecule has 0 aromatic heterocycles. The van der Waals surface area contributed by atoms with Crippen molar-refractivity contribution < 1.29 is 11.0 Å². The molecule has 4 N–H and O–H groups in total. The van der Waals surface area contributed by atoms with Crippen molar-refractivity contribution in [1.82, 2.24) is 0 Å². The van der Waals surface area contributed by atoms with Crippen LogP contribution in [0.5, 0.6) is 0 Å². The van der Waals surface area contributed by atoms with E-state index in [9.17, 15) is 0 Å². The summed E-state index contributed by atoms with van der Waals surface area (Å²) in [5, 5.41) is 0. The molecule has 0 aliphatic carbocycles. The molecular formula is C29H45AlN2O2. The molecule has 2 rings (SSSR count). The van der Waals surface area contributed by atoms with Crippen LogP contribution in [0.25, 0.3) is 0 Å². The van der Waals surface area contributed by atoms with E-state index in [1.54, 1.807) is 0 Å². The smallest absolute Gasteiger partial charge is 0.317 e. The highest BCUT2D eigenvalue weighted by Gasteiger charge is 2.17. The van der Waals surface area contributed by atoms with Gasteiger partial charge in [0.2, 0.25) is 0 Å². The standard InChI is InChI=1S/C29H41N2.Al.2H2O/c1-18(2)24-13-11-14-25(19(3)4)28(24)30-22(9)17-23(10)31-29-26(20(5)6)15-12-16-27(29)21(7)8;;;/h11-21H,1-10H3;;2*1H2/q-1;+1;;/b22-17-,31-23?;;;. The predicted molar refractivity (Wildman–Crippen MR) is 151 cm³/mol. The Kier molecular flexibility index (Phi) is 13.1. The number of aliphatic imine (C=N–C) groups is 1. The van der Waals surface area contributed by atoms with E-state index >= 15 is 0 Å². The average Bonchev–Trinajstić information content (AvgIpc) is 2.71. The lowest BCUT2D eigenvalue weighted by Gasteiger charge is -2.31. The van der Waals surface area contributed by atoms with Gasteiger partial charge in [-0.25, -0.2) is 0 Å². The van der Waals surface area contributed by atoms with Crippen molar-refractivity contribution in [2.45, 2.75) is 92.9 Å². The van der Waals surface area contributed by atoms with E-state index in [1.807, 2.05) is 0 Å². The van der Waals surface area contributed by atoms with Crippen molar-refractivity contribution in [2.75, 3.05) is 3.88 Å². The first-order valence-electron chi connectivity index (χ1n) is 12.0. The Balaban J connectivity index is 0.00000544. The van der Waals surface area contributed by atoms with Gasteiger partial charge in [0.1, 0.15) is 0 Å². The van der Waals surface area contributed by atoms with Crippen molar-refractivity contribution in [1.29, 1.82) is 0 Å². The van der Waals surface area contributed by atoms with Gasteiger partial charge in [-0.1, -0.05) is 91.8 Å². The minimum Gasteiger partial charge on any atom is -0.455 e. The second-order valence-electron chi connectivity index (χ2n) is 10.1. The Bertz CT molecular complexity index is 939. The maximum Gasteiger partial charge on any atom is 0.317 e. The summed E-state index contributed by atoms with van der Waals surface area (Å²) in [7, 11) is 0. The molecule has 0 atom stereocenters. The SMILES string of the molecule is CC(/C=C(/C)[N]([Al])c1c(C(C)C)cccc1C(C)C)=Nc1c(C(C)C)cccc1C(C)C.O.O. The van der Waals surface area contributed by atoms with Crippen LogP contribution in [0.3, 0.4) is 0 Å². The van der Waals surface area contributed by atoms with Crippen molar-refractivity contribution in [2.24, 2.45) is 4.99 Å². The summed E-state index contributed by atoms with van der Waals surface area (Å²) < 4.78 is 2.27. The van der Waals surface area contributed by atoms with Gasteiger partial charge in [-0.15, -0.1) is 0 Å². The molecule has 0 aliphatic rings. The maximum absolute atomic E-state index is 5.14. The molecule has 5 heteroatoms. The molecule has 0 heterocycles. The van der Waals surface area contributed by atoms with Gasteiger partial charge in [-0.2, -0.15) is 0 Å². The van der Waals surface area contributed by atoms with E-state index < -0.39 is 0 Å². The van der Waals surface area contributed by atoms with Crippen LogP contribution in [0, 0.1) is 0 Å². The Hall–Kier alpha value is -1.90. The molecule has 0 aliphatic heterocycles. The van der Waals surface area contributed by atoms with E-state index in [1.165, 1.54) is 33.6 Å². The number of nitrogens with zero attached hydrogens (tertiary/aromatic N) is 2. The quantitative estimate of drug-likeness (QED) is 0.293. The van der Waals surface area contributed by atoms with Gasteiger partial charge in [0.25, 0.3) is 0 Å². The number of para-hydroxylation sites is 2. The number of hydrogen-bond acceptors (Lipinski definition) is 2. The fraction of sp³-hybridized carbons (Fsp3) is 0.483. The highest BCUT2D eigenvalue weighted by atomic mass is 27.1. The van der Waals surface area contributed by atoms with Crippen LogP contribution >= 0.6 is 0 Å². The molecule has 0 unspecified atom stereocenters. The second-order valence-corrected chi connectivity index (χ2v) is 10.6. The molecule has 0 saturated heterocycles. The number of benzene rings is 2. The van der Waals surface area contributed by atoms with Gasteiger partial charge in [0, 0.05) is 11.4 Å². The summed E-state index contributed by atoms with van der Waals surface area (Å²) in [6, 6.07) is 13.3. The largest absolute Gasteiger partial charge is 0.455 e. The lowest BCUT2D eigenvalue weighted by atomic mass is 9.92. The number of hydrogen-bond donors (Lipinski definition) is 0. The third-order valence-corrected chi connectivity index (χ3v) is 6.68. The van der Waals surface area contributed by atoms with Gasteiger partial charge >= 0.3 is 16.5 Å². The van der Waals surface area contributed by atoms with E-state index in [0.717, 1.165) is 11.4 Å². The highest BCUT2D eigenvalue weighted by molar-refractivity contribution is 6.21.